The molecule has 7 nitrogen and oxygen atoms in total. The first-order chi connectivity index (χ1) is 12.5. The standard InChI is InChI=1S/C18H23O7PS/c1-13-7-6-8-14(2)18(13)25-16(15-9-4-3-5-10-15)11-12-17(26(19,20)21)27(22,23)24/h3-10,16-17H,11-12H2,1-2H3,(H2,19,20,21)(H,22,23,24). The average molecular weight is 414 g/mol. The summed E-state index contributed by atoms with van der Waals surface area (Å²) in [6.07, 6.45) is -1.09. The molecule has 2 atom stereocenters. The molecule has 27 heavy (non-hydrogen) atoms. The second kappa shape index (κ2) is 8.54. The minimum absolute atomic E-state index is 0.00659. The van der Waals surface area contributed by atoms with Crippen molar-refractivity contribution in [2.24, 2.45) is 0 Å². The summed E-state index contributed by atoms with van der Waals surface area (Å²) in [6, 6.07) is 14.6. The molecule has 0 amide bonds. The van der Waals surface area contributed by atoms with Crippen LogP contribution in [0.5, 0.6) is 5.75 Å². The third-order valence-electron chi connectivity index (χ3n) is 4.24. The molecule has 0 aliphatic carbocycles. The van der Waals surface area contributed by atoms with E-state index in [1.807, 2.05) is 38.1 Å². The van der Waals surface area contributed by atoms with Crippen molar-refractivity contribution in [1.82, 2.24) is 0 Å². The van der Waals surface area contributed by atoms with Crippen molar-refractivity contribution in [2.75, 3.05) is 0 Å². The highest BCUT2D eigenvalue weighted by Gasteiger charge is 2.40. The van der Waals surface area contributed by atoms with Crippen molar-refractivity contribution >= 4 is 17.7 Å². The lowest BCUT2D eigenvalue weighted by Gasteiger charge is -2.24. The van der Waals surface area contributed by atoms with E-state index in [1.165, 1.54) is 0 Å². The smallest absolute Gasteiger partial charge is 0.346 e. The highest BCUT2D eigenvalue weighted by molar-refractivity contribution is 7.93. The Hall–Kier alpha value is -1.70. The van der Waals surface area contributed by atoms with E-state index in [0.717, 1.165) is 16.7 Å². The summed E-state index contributed by atoms with van der Waals surface area (Å²) in [5.41, 5.74) is 2.51. The maximum absolute atomic E-state index is 11.5. The van der Waals surface area contributed by atoms with Crippen molar-refractivity contribution in [3.8, 4) is 5.75 Å². The second-order valence-electron chi connectivity index (χ2n) is 6.37. The van der Waals surface area contributed by atoms with Crippen LogP contribution in [0.15, 0.2) is 48.5 Å². The lowest BCUT2D eigenvalue weighted by atomic mass is 10.0. The Morgan fingerprint density at radius 3 is 2.00 bits per heavy atom. The van der Waals surface area contributed by atoms with Gasteiger partial charge in [-0.2, -0.15) is 8.42 Å². The van der Waals surface area contributed by atoms with Crippen LogP contribution in [-0.4, -0.2) is 27.7 Å². The van der Waals surface area contributed by atoms with Gasteiger partial charge in [-0.05, 0) is 43.4 Å². The summed E-state index contributed by atoms with van der Waals surface area (Å²) in [6.45, 7) is 3.75. The van der Waals surface area contributed by atoms with E-state index in [-0.39, 0.29) is 6.42 Å². The van der Waals surface area contributed by atoms with E-state index in [4.69, 9.17) is 4.74 Å². The molecule has 0 fully saturated rings. The van der Waals surface area contributed by atoms with Crippen LogP contribution in [0.4, 0.5) is 0 Å². The van der Waals surface area contributed by atoms with E-state index in [9.17, 15) is 27.3 Å². The van der Waals surface area contributed by atoms with Gasteiger partial charge in [0, 0.05) is 0 Å². The molecule has 0 heterocycles. The molecule has 0 saturated heterocycles. The van der Waals surface area contributed by atoms with Crippen LogP contribution < -0.4 is 4.74 Å². The zero-order chi connectivity index (χ0) is 20.2. The van der Waals surface area contributed by atoms with E-state index in [1.54, 1.807) is 24.3 Å². The largest absolute Gasteiger partial charge is 0.485 e. The molecule has 2 aromatic carbocycles. The van der Waals surface area contributed by atoms with Crippen LogP contribution in [-0.2, 0) is 14.7 Å². The first kappa shape index (κ1) is 21.6. The predicted octanol–water partition coefficient (Wildman–Crippen LogP) is 3.60. The monoisotopic (exact) mass is 414 g/mol. The van der Waals surface area contributed by atoms with E-state index in [0.29, 0.717) is 5.75 Å². The SMILES string of the molecule is Cc1cccc(C)c1OC(CCC(P(=O)(O)O)S(=O)(=O)O)c1ccccc1. The van der Waals surface area contributed by atoms with Gasteiger partial charge in [-0.25, -0.2) is 0 Å². The van der Waals surface area contributed by atoms with Crippen molar-refractivity contribution in [3.05, 3.63) is 65.2 Å². The Labute approximate surface area is 158 Å². The summed E-state index contributed by atoms with van der Waals surface area (Å²) in [7, 11) is -9.95. The quantitative estimate of drug-likeness (QED) is 0.446. The fourth-order valence-corrected chi connectivity index (χ4v) is 5.18. The molecular weight excluding hydrogens is 391 g/mol. The van der Waals surface area contributed by atoms with Gasteiger partial charge in [-0.3, -0.25) is 9.12 Å². The summed E-state index contributed by atoms with van der Waals surface area (Å²) >= 11 is 0. The van der Waals surface area contributed by atoms with Crippen LogP contribution in [0.2, 0.25) is 0 Å². The first-order valence-corrected chi connectivity index (χ1v) is 11.5. The molecule has 0 saturated carbocycles. The molecule has 0 aromatic heterocycles. The highest BCUT2D eigenvalue weighted by Crippen LogP contribution is 2.47. The van der Waals surface area contributed by atoms with Crippen molar-refractivity contribution in [2.45, 2.75) is 37.8 Å². The summed E-state index contributed by atoms with van der Waals surface area (Å²) < 4.78 is 49.7. The maximum atomic E-state index is 11.5. The number of aryl methyl sites for hydroxylation is 2. The van der Waals surface area contributed by atoms with Gasteiger partial charge >= 0.3 is 7.60 Å². The molecule has 148 valence electrons. The predicted molar refractivity (Wildman–Crippen MR) is 102 cm³/mol. The van der Waals surface area contributed by atoms with Crippen molar-refractivity contribution in [1.29, 1.82) is 0 Å². The first-order valence-electron chi connectivity index (χ1n) is 8.29. The fourth-order valence-electron chi connectivity index (χ4n) is 2.87. The van der Waals surface area contributed by atoms with Gasteiger partial charge in [-0.1, -0.05) is 48.5 Å². The van der Waals surface area contributed by atoms with E-state index >= 15 is 0 Å². The third-order valence-corrected chi connectivity index (χ3v) is 7.79. The van der Waals surface area contributed by atoms with E-state index < -0.39 is 35.2 Å². The molecule has 9 heteroatoms. The molecule has 0 bridgehead atoms. The molecule has 0 aliphatic rings. The molecule has 2 rings (SSSR count). The molecule has 2 unspecified atom stereocenters. The van der Waals surface area contributed by atoms with Gasteiger partial charge in [0.2, 0.25) is 0 Å². The zero-order valence-corrected chi connectivity index (χ0v) is 16.7. The molecular formula is C18H23O7PS. The topological polar surface area (TPSA) is 121 Å². The summed E-state index contributed by atoms with van der Waals surface area (Å²) in [5, 5.41) is 0. The fraction of sp³-hybridized carbons (Fsp3) is 0.333. The molecule has 3 N–H and O–H groups in total. The van der Waals surface area contributed by atoms with Crippen LogP contribution in [0, 0.1) is 13.8 Å². The van der Waals surface area contributed by atoms with Crippen LogP contribution in [0.25, 0.3) is 0 Å². The van der Waals surface area contributed by atoms with Crippen LogP contribution >= 0.6 is 7.60 Å². The number of benzene rings is 2. The molecule has 0 radical (unpaired) electrons. The summed E-state index contributed by atoms with van der Waals surface area (Å²) in [4.78, 5) is 16.4. The lowest BCUT2D eigenvalue weighted by molar-refractivity contribution is 0.189. The minimum atomic E-state index is -5.04. The Bertz CT molecular complexity index is 902. The summed E-state index contributed by atoms with van der Waals surface area (Å²) in [5.74, 6) is 0.630. The molecule has 0 spiro atoms. The van der Waals surface area contributed by atoms with Crippen molar-refractivity contribution < 1.29 is 32.1 Å². The third kappa shape index (κ3) is 5.89. The minimum Gasteiger partial charge on any atom is -0.485 e. The number of ether oxygens (including phenoxy) is 1. The number of rotatable bonds is 8. The number of para-hydroxylation sites is 1. The van der Waals surface area contributed by atoms with Gasteiger partial charge in [0.05, 0.1) is 0 Å². The van der Waals surface area contributed by atoms with Gasteiger partial charge < -0.3 is 14.5 Å². The van der Waals surface area contributed by atoms with Crippen LogP contribution in [0.3, 0.4) is 0 Å². The van der Waals surface area contributed by atoms with Crippen LogP contribution in [0.1, 0.15) is 35.6 Å². The second-order valence-corrected chi connectivity index (χ2v) is 10.1. The maximum Gasteiger partial charge on any atom is 0.346 e. The van der Waals surface area contributed by atoms with Crippen molar-refractivity contribution in [3.63, 3.8) is 0 Å². The Morgan fingerprint density at radius 1 is 0.963 bits per heavy atom. The number of hydrogen-bond donors (Lipinski definition) is 3. The molecule has 0 aliphatic heterocycles. The normalized spacial score (nSPS) is 14.6. The Morgan fingerprint density at radius 2 is 1.52 bits per heavy atom. The van der Waals surface area contributed by atoms with Gasteiger partial charge in [0.15, 0.2) is 4.99 Å². The van der Waals surface area contributed by atoms with Gasteiger partial charge in [0.1, 0.15) is 11.9 Å². The Kier molecular flexibility index (Phi) is 6.83. The van der Waals surface area contributed by atoms with Gasteiger partial charge in [0.25, 0.3) is 10.1 Å². The Balaban J connectivity index is 2.33. The zero-order valence-electron chi connectivity index (χ0n) is 15.0. The van der Waals surface area contributed by atoms with Gasteiger partial charge in [-0.15, -0.1) is 0 Å². The number of hydrogen-bond acceptors (Lipinski definition) is 4. The highest BCUT2D eigenvalue weighted by atomic mass is 32.2. The average Bonchev–Trinajstić information content (AvgIpc) is 2.55. The molecule has 2 aromatic rings. The lowest BCUT2D eigenvalue weighted by Crippen LogP contribution is -2.22. The van der Waals surface area contributed by atoms with E-state index in [2.05, 4.69) is 0 Å².